The molecule has 2 heterocycles. The maximum atomic E-state index is 4.11. The van der Waals surface area contributed by atoms with Gasteiger partial charge in [0.05, 0.1) is 6.20 Å². The lowest BCUT2D eigenvalue weighted by molar-refractivity contribution is 1.19. The van der Waals surface area contributed by atoms with Gasteiger partial charge in [0.2, 0.25) is 0 Å². The van der Waals surface area contributed by atoms with Crippen LogP contribution in [0.1, 0.15) is 0 Å². The molecule has 0 atom stereocenters. The van der Waals surface area contributed by atoms with Crippen molar-refractivity contribution in [3.05, 3.63) is 30.2 Å². The van der Waals surface area contributed by atoms with E-state index in [2.05, 4.69) is 15.0 Å². The van der Waals surface area contributed by atoms with E-state index < -0.39 is 0 Å². The fourth-order valence-electron chi connectivity index (χ4n) is 0.759. The van der Waals surface area contributed by atoms with Gasteiger partial charge in [-0.15, -0.1) is 11.3 Å². The van der Waals surface area contributed by atoms with Gasteiger partial charge in [0.25, 0.3) is 0 Å². The molecule has 0 spiro atoms. The van der Waals surface area contributed by atoms with Gasteiger partial charge >= 0.3 is 0 Å². The van der Waals surface area contributed by atoms with E-state index in [4.69, 9.17) is 0 Å². The third-order valence-corrected chi connectivity index (χ3v) is 2.01. The highest BCUT2D eigenvalue weighted by atomic mass is 32.1. The largest absolute Gasteiger partial charge is 0.261 e. The van der Waals surface area contributed by atoms with Crippen molar-refractivity contribution in [2.24, 2.45) is 0 Å². The van der Waals surface area contributed by atoms with Crippen LogP contribution in [0.4, 0.5) is 0 Å². The second kappa shape index (κ2) is 2.75. The van der Waals surface area contributed by atoms with Gasteiger partial charge in [-0.2, -0.15) is 0 Å². The fraction of sp³-hybridized carbons (Fsp3) is 0. The molecule has 2 rings (SSSR count). The van der Waals surface area contributed by atoms with Crippen molar-refractivity contribution in [3.63, 3.8) is 0 Å². The van der Waals surface area contributed by atoms with Gasteiger partial charge in [0.1, 0.15) is 10.7 Å². The van der Waals surface area contributed by atoms with Crippen LogP contribution in [0.15, 0.2) is 30.2 Å². The summed E-state index contributed by atoms with van der Waals surface area (Å²) in [5.74, 6) is 0. The van der Waals surface area contributed by atoms with E-state index in [1.807, 2.05) is 5.38 Å². The summed E-state index contributed by atoms with van der Waals surface area (Å²) in [6.07, 6.45) is 6.78. The summed E-state index contributed by atoms with van der Waals surface area (Å²) in [7, 11) is 0. The predicted octanol–water partition coefficient (Wildman–Crippen LogP) is 1.60. The lowest BCUT2D eigenvalue weighted by Crippen LogP contribution is -1.81. The minimum atomic E-state index is 0.836. The normalized spacial score (nSPS) is 9.82. The molecule has 0 aromatic carbocycles. The first-order chi connectivity index (χ1) is 5.47. The molecule has 54 valence electrons. The van der Waals surface area contributed by atoms with E-state index in [9.17, 15) is 0 Å². The quantitative estimate of drug-likeness (QED) is 0.641. The van der Waals surface area contributed by atoms with E-state index in [1.54, 1.807) is 36.1 Å². The molecule has 3 nitrogen and oxygen atoms in total. The minimum Gasteiger partial charge on any atom is -0.261 e. The molecule has 0 aliphatic heterocycles. The Morgan fingerprint density at radius 2 is 2.09 bits per heavy atom. The van der Waals surface area contributed by atoms with Crippen molar-refractivity contribution in [1.82, 2.24) is 15.0 Å². The van der Waals surface area contributed by atoms with Crippen molar-refractivity contribution < 1.29 is 0 Å². The Kier molecular flexibility index (Phi) is 1.61. The number of thiazole rings is 1. The molecule has 11 heavy (non-hydrogen) atoms. The molecule has 2 aromatic heterocycles. The van der Waals surface area contributed by atoms with E-state index in [1.165, 1.54) is 0 Å². The summed E-state index contributed by atoms with van der Waals surface area (Å²) in [5.41, 5.74) is 0.836. The van der Waals surface area contributed by atoms with Crippen LogP contribution in [0, 0.1) is 0 Å². The minimum absolute atomic E-state index is 0.836. The highest BCUT2D eigenvalue weighted by Crippen LogP contribution is 2.16. The van der Waals surface area contributed by atoms with Crippen molar-refractivity contribution in [1.29, 1.82) is 0 Å². The van der Waals surface area contributed by atoms with E-state index in [0.717, 1.165) is 10.7 Å². The number of aromatic nitrogens is 3. The first-order valence-corrected chi connectivity index (χ1v) is 4.00. The van der Waals surface area contributed by atoms with Crippen LogP contribution >= 0.6 is 11.3 Å². The van der Waals surface area contributed by atoms with Gasteiger partial charge in [0.15, 0.2) is 0 Å². The number of hydrogen-bond acceptors (Lipinski definition) is 4. The van der Waals surface area contributed by atoms with E-state index in [0.29, 0.717) is 0 Å². The molecule has 0 fully saturated rings. The van der Waals surface area contributed by atoms with Crippen molar-refractivity contribution >= 4 is 11.3 Å². The van der Waals surface area contributed by atoms with Crippen LogP contribution in [-0.4, -0.2) is 15.0 Å². The van der Waals surface area contributed by atoms with Crippen LogP contribution < -0.4 is 0 Å². The fourth-order valence-corrected chi connectivity index (χ4v) is 1.36. The molecule has 4 heteroatoms. The Hall–Kier alpha value is -1.29. The first kappa shape index (κ1) is 6.42. The highest BCUT2D eigenvalue weighted by Gasteiger charge is 1.98. The zero-order chi connectivity index (χ0) is 7.52. The number of nitrogens with zero attached hydrogens (tertiary/aromatic N) is 3. The average Bonchev–Trinajstić information content (AvgIpc) is 2.58. The zero-order valence-corrected chi connectivity index (χ0v) is 6.45. The topological polar surface area (TPSA) is 38.7 Å². The third-order valence-electron chi connectivity index (χ3n) is 1.21. The maximum absolute atomic E-state index is 4.11. The molecule has 0 aliphatic rings. The summed E-state index contributed by atoms with van der Waals surface area (Å²) in [6, 6.07) is 0. The van der Waals surface area contributed by atoms with Crippen LogP contribution in [0.25, 0.3) is 10.7 Å². The van der Waals surface area contributed by atoms with E-state index in [-0.39, 0.29) is 0 Å². The Balaban J connectivity index is 2.46. The molecule has 0 aliphatic carbocycles. The predicted molar refractivity (Wildman–Crippen MR) is 43.1 cm³/mol. The molecule has 0 unspecified atom stereocenters. The summed E-state index contributed by atoms with van der Waals surface area (Å²) in [5, 5.41) is 2.84. The molecule has 0 saturated heterocycles. The highest BCUT2D eigenvalue weighted by molar-refractivity contribution is 7.13. The lowest BCUT2D eigenvalue weighted by atomic mass is 10.5. The van der Waals surface area contributed by atoms with Crippen LogP contribution in [0.5, 0.6) is 0 Å². The van der Waals surface area contributed by atoms with Gasteiger partial charge in [0, 0.05) is 24.0 Å². The van der Waals surface area contributed by atoms with E-state index >= 15 is 0 Å². The number of rotatable bonds is 1. The van der Waals surface area contributed by atoms with Gasteiger partial charge in [-0.1, -0.05) is 0 Å². The molecule has 0 N–H and O–H groups in total. The summed E-state index contributed by atoms with van der Waals surface area (Å²) < 4.78 is 0. The van der Waals surface area contributed by atoms with Gasteiger partial charge in [-0.25, -0.2) is 4.98 Å². The molecular weight excluding hydrogens is 158 g/mol. The SMILES string of the molecule is c1cnc(-c2nccs2)cn1. The molecular formula is C7H5N3S. The molecule has 0 amide bonds. The van der Waals surface area contributed by atoms with Gasteiger partial charge < -0.3 is 0 Å². The van der Waals surface area contributed by atoms with Crippen LogP contribution in [-0.2, 0) is 0 Å². The van der Waals surface area contributed by atoms with Crippen molar-refractivity contribution in [2.75, 3.05) is 0 Å². The first-order valence-electron chi connectivity index (χ1n) is 3.13. The summed E-state index contributed by atoms with van der Waals surface area (Å²) in [6.45, 7) is 0. The Morgan fingerprint density at radius 1 is 1.09 bits per heavy atom. The smallest absolute Gasteiger partial charge is 0.143 e. The van der Waals surface area contributed by atoms with Crippen molar-refractivity contribution in [2.45, 2.75) is 0 Å². The summed E-state index contributed by atoms with van der Waals surface area (Å²) >= 11 is 1.56. The lowest BCUT2D eigenvalue weighted by Gasteiger charge is -1.90. The number of hydrogen-bond donors (Lipinski definition) is 0. The standard InChI is InChI=1S/C7H5N3S/c1-2-9-6(5-8-1)7-10-3-4-11-7/h1-5H. The van der Waals surface area contributed by atoms with Crippen molar-refractivity contribution in [3.8, 4) is 10.7 Å². The Labute approximate surface area is 67.8 Å². The Bertz CT molecular complexity index is 317. The third kappa shape index (κ3) is 1.25. The average molecular weight is 163 g/mol. The zero-order valence-electron chi connectivity index (χ0n) is 5.64. The van der Waals surface area contributed by atoms with Gasteiger partial charge in [-0.3, -0.25) is 9.97 Å². The maximum Gasteiger partial charge on any atom is 0.143 e. The molecule has 0 bridgehead atoms. The second-order valence-electron chi connectivity index (χ2n) is 1.93. The van der Waals surface area contributed by atoms with Gasteiger partial charge in [-0.05, 0) is 0 Å². The second-order valence-corrected chi connectivity index (χ2v) is 2.82. The molecule has 0 radical (unpaired) electrons. The monoisotopic (exact) mass is 163 g/mol. The van der Waals surface area contributed by atoms with Crippen LogP contribution in [0.3, 0.4) is 0 Å². The van der Waals surface area contributed by atoms with Crippen LogP contribution in [0.2, 0.25) is 0 Å². The molecule has 0 saturated carbocycles. The molecule has 2 aromatic rings. The summed E-state index contributed by atoms with van der Waals surface area (Å²) in [4.78, 5) is 12.2. The Morgan fingerprint density at radius 3 is 2.73 bits per heavy atom.